The minimum absolute atomic E-state index is 0.123. The number of fused-ring (bicyclic) bond motifs is 4. The quantitative estimate of drug-likeness (QED) is 0.286. The van der Waals surface area contributed by atoms with Crippen molar-refractivity contribution in [3.05, 3.63) is 59.0 Å². The fourth-order valence-corrected chi connectivity index (χ4v) is 5.44. The van der Waals surface area contributed by atoms with Crippen LogP contribution in [0.25, 0.3) is 10.9 Å². The molecular formula is C27H31FN4O5. The summed E-state index contributed by atoms with van der Waals surface area (Å²) in [4.78, 5) is 33.4. The van der Waals surface area contributed by atoms with Gasteiger partial charge in [-0.25, -0.2) is 9.18 Å². The normalized spacial score (nSPS) is 19.0. The van der Waals surface area contributed by atoms with Crippen LogP contribution in [0.2, 0.25) is 0 Å². The monoisotopic (exact) mass is 510 g/mol. The molecule has 3 amide bonds. The molecule has 37 heavy (non-hydrogen) atoms. The van der Waals surface area contributed by atoms with Crippen LogP contribution in [0.3, 0.4) is 0 Å². The maximum absolute atomic E-state index is 14.5. The highest BCUT2D eigenvalue weighted by molar-refractivity contribution is 6.05. The highest BCUT2D eigenvalue weighted by Crippen LogP contribution is 2.43. The minimum atomic E-state index is -0.654. The topological polar surface area (TPSA) is 107 Å². The van der Waals surface area contributed by atoms with Gasteiger partial charge in [0, 0.05) is 49.3 Å². The molecule has 9 nitrogen and oxygen atoms in total. The van der Waals surface area contributed by atoms with E-state index in [1.807, 2.05) is 6.07 Å². The Morgan fingerprint density at radius 2 is 2.03 bits per heavy atom. The van der Waals surface area contributed by atoms with Gasteiger partial charge in [0.1, 0.15) is 11.8 Å². The number of ether oxygens (including phenoxy) is 2. The summed E-state index contributed by atoms with van der Waals surface area (Å²) in [5, 5.41) is 14.0. The number of carbonyl (C=O) groups excluding carboxylic acids is 2. The van der Waals surface area contributed by atoms with Crippen LogP contribution >= 0.6 is 0 Å². The van der Waals surface area contributed by atoms with E-state index in [1.165, 1.54) is 18.1 Å². The Kier molecular flexibility index (Phi) is 7.03. The van der Waals surface area contributed by atoms with E-state index >= 15 is 0 Å². The zero-order valence-electron chi connectivity index (χ0n) is 20.9. The standard InChI is InChI=1S/C27H31FN4O5/c1-36-10-8-29-7-4-9-31-26(34)23-13-19-18-14-24(37-2)20(28)15-21(18)30-25(19)22(32(23)27(31)35)12-16-5-3-6-17(33)11-16/h3,5-6,11,14-15,22-23,29-30,33H,4,7-10,12-13H2,1-2H3/t22?,23-/m0/s1. The SMILES string of the molecule is COCCNCCCN1C(=O)[C@@H]2Cc3c([nH]c4cc(F)c(OC)cc34)C(Cc3cccc(O)c3)N2C1=O. The lowest BCUT2D eigenvalue weighted by Crippen LogP contribution is -2.44. The van der Waals surface area contributed by atoms with E-state index in [-0.39, 0.29) is 23.4 Å². The first-order valence-electron chi connectivity index (χ1n) is 12.4. The molecule has 1 fully saturated rings. The number of nitrogens with zero attached hydrogens (tertiary/aromatic N) is 2. The van der Waals surface area contributed by atoms with Crippen LogP contribution in [0.15, 0.2) is 36.4 Å². The number of amides is 3. The van der Waals surface area contributed by atoms with E-state index in [0.29, 0.717) is 51.0 Å². The number of phenols is 1. The van der Waals surface area contributed by atoms with Crippen molar-refractivity contribution in [3.8, 4) is 11.5 Å². The summed E-state index contributed by atoms with van der Waals surface area (Å²) in [6.45, 7) is 2.27. The van der Waals surface area contributed by atoms with Crippen molar-refractivity contribution in [1.29, 1.82) is 0 Å². The summed E-state index contributed by atoms with van der Waals surface area (Å²) in [5.41, 5.74) is 3.06. The van der Waals surface area contributed by atoms with Crippen LogP contribution in [0, 0.1) is 5.82 Å². The number of halogens is 1. The molecule has 1 saturated heterocycles. The Hall–Kier alpha value is -3.63. The molecule has 196 valence electrons. The molecule has 2 aliphatic rings. The number of carbonyl (C=O) groups is 2. The Labute approximate surface area is 214 Å². The molecule has 2 aromatic carbocycles. The molecule has 1 aromatic heterocycles. The van der Waals surface area contributed by atoms with Crippen molar-refractivity contribution in [3.63, 3.8) is 0 Å². The number of benzene rings is 2. The largest absolute Gasteiger partial charge is 0.508 e. The molecule has 0 spiro atoms. The molecule has 3 N–H and O–H groups in total. The molecule has 0 radical (unpaired) electrons. The van der Waals surface area contributed by atoms with Crippen molar-refractivity contribution < 1.29 is 28.6 Å². The van der Waals surface area contributed by atoms with Crippen LogP contribution in [-0.4, -0.2) is 78.3 Å². The first-order chi connectivity index (χ1) is 17.9. The second kappa shape index (κ2) is 10.4. The van der Waals surface area contributed by atoms with Gasteiger partial charge in [0.25, 0.3) is 5.91 Å². The highest BCUT2D eigenvalue weighted by atomic mass is 19.1. The van der Waals surface area contributed by atoms with Crippen molar-refractivity contribution in [2.24, 2.45) is 0 Å². The van der Waals surface area contributed by atoms with Gasteiger partial charge in [-0.2, -0.15) is 0 Å². The van der Waals surface area contributed by atoms with Gasteiger partial charge in [-0.05, 0) is 48.7 Å². The highest BCUT2D eigenvalue weighted by Gasteiger charge is 2.51. The number of aromatic hydroxyl groups is 1. The Morgan fingerprint density at radius 1 is 1.19 bits per heavy atom. The number of hydrogen-bond acceptors (Lipinski definition) is 6. The molecule has 1 unspecified atom stereocenters. The molecule has 0 aliphatic carbocycles. The van der Waals surface area contributed by atoms with Gasteiger partial charge in [-0.15, -0.1) is 0 Å². The van der Waals surface area contributed by atoms with Gasteiger partial charge in [-0.3, -0.25) is 9.69 Å². The van der Waals surface area contributed by atoms with Crippen LogP contribution < -0.4 is 10.1 Å². The zero-order chi connectivity index (χ0) is 26.1. The number of phenolic OH excluding ortho intramolecular Hbond substituents is 1. The molecule has 2 atom stereocenters. The van der Waals surface area contributed by atoms with Crippen LogP contribution in [0.5, 0.6) is 11.5 Å². The minimum Gasteiger partial charge on any atom is -0.508 e. The zero-order valence-corrected chi connectivity index (χ0v) is 20.9. The number of aromatic amines is 1. The summed E-state index contributed by atoms with van der Waals surface area (Å²) in [7, 11) is 3.05. The van der Waals surface area contributed by atoms with E-state index in [1.54, 1.807) is 36.3 Å². The number of H-pyrrole nitrogens is 1. The van der Waals surface area contributed by atoms with E-state index in [2.05, 4.69) is 10.3 Å². The molecule has 3 aromatic rings. The lowest BCUT2D eigenvalue weighted by atomic mass is 9.89. The Balaban J connectivity index is 1.49. The second-order valence-corrected chi connectivity index (χ2v) is 9.44. The summed E-state index contributed by atoms with van der Waals surface area (Å²) >= 11 is 0. The van der Waals surface area contributed by atoms with E-state index in [4.69, 9.17) is 9.47 Å². The van der Waals surface area contributed by atoms with E-state index < -0.39 is 17.9 Å². The Morgan fingerprint density at radius 3 is 2.78 bits per heavy atom. The number of methoxy groups -OCH3 is 2. The summed E-state index contributed by atoms with van der Waals surface area (Å²) < 4.78 is 24.7. The Bertz CT molecular complexity index is 1330. The first-order valence-corrected chi connectivity index (χ1v) is 12.4. The molecule has 3 heterocycles. The molecule has 5 rings (SSSR count). The van der Waals surface area contributed by atoms with Gasteiger partial charge in [0.05, 0.1) is 19.8 Å². The number of rotatable bonds is 10. The summed E-state index contributed by atoms with van der Waals surface area (Å²) in [6.07, 6.45) is 1.34. The summed E-state index contributed by atoms with van der Waals surface area (Å²) in [5.74, 6) is -0.467. The average Bonchev–Trinajstić information content (AvgIpc) is 3.35. The second-order valence-electron chi connectivity index (χ2n) is 9.44. The number of aromatic nitrogens is 1. The number of nitrogens with one attached hydrogen (secondary N) is 2. The number of imide groups is 1. The van der Waals surface area contributed by atoms with Gasteiger partial charge in [0.15, 0.2) is 11.6 Å². The molecular weight excluding hydrogens is 479 g/mol. The molecule has 0 bridgehead atoms. The van der Waals surface area contributed by atoms with Gasteiger partial charge >= 0.3 is 6.03 Å². The van der Waals surface area contributed by atoms with Crippen molar-refractivity contribution in [2.45, 2.75) is 31.3 Å². The first kappa shape index (κ1) is 25.0. The van der Waals surface area contributed by atoms with E-state index in [9.17, 15) is 19.1 Å². The van der Waals surface area contributed by atoms with Crippen LogP contribution in [0.4, 0.5) is 9.18 Å². The predicted molar refractivity (Wildman–Crippen MR) is 135 cm³/mol. The van der Waals surface area contributed by atoms with Gasteiger partial charge in [0.2, 0.25) is 0 Å². The third-order valence-corrected chi connectivity index (χ3v) is 7.17. The lowest BCUT2D eigenvalue weighted by molar-refractivity contribution is -0.128. The fraction of sp³-hybridized carbons (Fsp3) is 0.407. The predicted octanol–water partition coefficient (Wildman–Crippen LogP) is 3.12. The summed E-state index contributed by atoms with van der Waals surface area (Å²) in [6, 6.07) is 8.42. The third-order valence-electron chi connectivity index (χ3n) is 7.17. The molecule has 0 saturated carbocycles. The van der Waals surface area contributed by atoms with Crippen molar-refractivity contribution in [2.75, 3.05) is 40.5 Å². The van der Waals surface area contributed by atoms with Gasteiger partial charge in [-0.1, -0.05) is 12.1 Å². The maximum atomic E-state index is 14.5. The molecule has 10 heteroatoms. The third kappa shape index (κ3) is 4.62. The smallest absolute Gasteiger partial charge is 0.328 e. The number of hydrogen-bond donors (Lipinski definition) is 3. The number of urea groups is 1. The maximum Gasteiger partial charge on any atom is 0.328 e. The van der Waals surface area contributed by atoms with Crippen LogP contribution in [-0.2, 0) is 22.4 Å². The van der Waals surface area contributed by atoms with Gasteiger partial charge < -0.3 is 29.8 Å². The lowest BCUT2D eigenvalue weighted by Gasteiger charge is -2.36. The fourth-order valence-electron chi connectivity index (χ4n) is 5.44. The van der Waals surface area contributed by atoms with Crippen molar-refractivity contribution in [1.82, 2.24) is 20.1 Å². The average molecular weight is 511 g/mol. The van der Waals surface area contributed by atoms with Crippen LogP contribution in [0.1, 0.15) is 29.3 Å². The van der Waals surface area contributed by atoms with E-state index in [0.717, 1.165) is 22.2 Å². The van der Waals surface area contributed by atoms with Crippen molar-refractivity contribution >= 4 is 22.8 Å². The molecule has 2 aliphatic heterocycles.